The average Bonchev–Trinajstić information content (AvgIpc) is 2.56. The molecule has 0 saturated carbocycles. The summed E-state index contributed by atoms with van der Waals surface area (Å²) in [6, 6.07) is 5.23. The number of amides is 2. The fraction of sp³-hybridized carbons (Fsp3) is 0.412. The van der Waals surface area contributed by atoms with Crippen molar-refractivity contribution in [1.29, 1.82) is 0 Å². The Kier molecular flexibility index (Phi) is 26.1. The largest absolute Gasteiger partial charge is 1.00 e. The van der Waals surface area contributed by atoms with Gasteiger partial charge in [0, 0.05) is 18.0 Å². The second kappa shape index (κ2) is 20.5. The summed E-state index contributed by atoms with van der Waals surface area (Å²) in [5.41, 5.74) is -0.276. The number of benzene rings is 1. The minimum atomic E-state index is -1.73. The Bertz CT molecular complexity index is 675. The summed E-state index contributed by atoms with van der Waals surface area (Å²) < 4.78 is 0. The van der Waals surface area contributed by atoms with E-state index in [0.29, 0.717) is 17.7 Å². The molecule has 0 N–H and O–H groups in total. The summed E-state index contributed by atoms with van der Waals surface area (Å²) in [6.07, 6.45) is -0.533. The molecule has 0 unspecified atom stereocenters. The number of imide groups is 1. The number of aliphatic carboxylic acids is 2. The number of carboxylic acid groups (broad SMARTS) is 3. The molecule has 142 valence electrons. The Balaban J connectivity index is -0.000000845. The number of hydrogen-bond donors (Lipinski definition) is 0. The van der Waals surface area contributed by atoms with E-state index in [0.717, 1.165) is 6.07 Å². The first kappa shape index (κ1) is 38.2. The van der Waals surface area contributed by atoms with Crippen molar-refractivity contribution in [2.24, 2.45) is 5.92 Å². The molecule has 0 bridgehead atoms. The zero-order chi connectivity index (χ0) is 19.7. The first-order valence-corrected chi connectivity index (χ1v) is 7.96. The molecule has 0 aliphatic rings. The van der Waals surface area contributed by atoms with Gasteiger partial charge in [0.05, 0.1) is 11.9 Å². The fourth-order valence-electron chi connectivity index (χ4n) is 2.37. The standard InChI is InChI=1S/C17H21NO8.4Na/c19-13-9-5-4-7-11(13)14(20)18(17(25)26)10-6-2-1-3-8-12(15(21)22)16(23)24;;;;/h4-5,7,9,12,19H,1-3,6,8,10H2,(H,21,22)(H,23,24)(H,25,26);;;;/q;4*+1/p-4. The Morgan fingerprint density at radius 3 is 1.77 bits per heavy atom. The van der Waals surface area contributed by atoms with Crippen molar-refractivity contribution in [3.63, 3.8) is 0 Å². The number of unbranched alkanes of at least 4 members (excludes halogenated alkanes) is 3. The van der Waals surface area contributed by atoms with Gasteiger partial charge in [-0.1, -0.05) is 49.3 Å². The van der Waals surface area contributed by atoms with E-state index in [1.807, 2.05) is 0 Å². The van der Waals surface area contributed by atoms with Crippen LogP contribution < -0.4 is 139 Å². The summed E-state index contributed by atoms with van der Waals surface area (Å²) >= 11 is 0. The Morgan fingerprint density at radius 2 is 1.30 bits per heavy atom. The molecule has 0 heterocycles. The second-order valence-corrected chi connectivity index (χ2v) is 5.61. The molecule has 9 nitrogen and oxygen atoms in total. The smallest absolute Gasteiger partial charge is 0.872 e. The van der Waals surface area contributed by atoms with Gasteiger partial charge in [-0.25, -0.2) is 0 Å². The number of carbonyl (C=O) groups excluding carboxylic acids is 4. The van der Waals surface area contributed by atoms with Crippen molar-refractivity contribution in [2.75, 3.05) is 6.54 Å². The summed E-state index contributed by atoms with van der Waals surface area (Å²) in [5, 5.41) is 43.9. The van der Waals surface area contributed by atoms with Gasteiger partial charge in [-0.2, -0.15) is 0 Å². The van der Waals surface area contributed by atoms with E-state index in [9.17, 15) is 39.6 Å². The maximum Gasteiger partial charge on any atom is 1.00 e. The van der Waals surface area contributed by atoms with Crippen molar-refractivity contribution in [3.8, 4) is 5.75 Å². The number of carboxylic acids is 2. The van der Waals surface area contributed by atoms with Crippen LogP contribution in [0.15, 0.2) is 24.3 Å². The maximum atomic E-state index is 12.1. The summed E-state index contributed by atoms with van der Waals surface area (Å²) in [4.78, 5) is 44.9. The fourth-order valence-corrected chi connectivity index (χ4v) is 2.37. The number of rotatable bonds is 10. The van der Waals surface area contributed by atoms with Crippen molar-refractivity contribution < 1.29 is 158 Å². The average molecular weight is 455 g/mol. The minimum Gasteiger partial charge on any atom is -0.872 e. The Hall–Kier alpha value is 0.900. The summed E-state index contributed by atoms with van der Waals surface area (Å²) in [5.74, 6) is -6.68. The molecule has 0 aliphatic heterocycles. The molecule has 13 heteroatoms. The zero-order valence-corrected chi connectivity index (χ0v) is 25.8. The third-order valence-corrected chi connectivity index (χ3v) is 3.78. The van der Waals surface area contributed by atoms with Crippen LogP contribution in [0.25, 0.3) is 0 Å². The van der Waals surface area contributed by atoms with E-state index in [1.165, 1.54) is 18.2 Å². The predicted molar refractivity (Wildman–Crippen MR) is 78.9 cm³/mol. The monoisotopic (exact) mass is 455 g/mol. The molecular formula is C17H17NNa4O8. The van der Waals surface area contributed by atoms with E-state index >= 15 is 0 Å². The van der Waals surface area contributed by atoms with Gasteiger partial charge >= 0.3 is 118 Å². The van der Waals surface area contributed by atoms with Crippen LogP contribution in [0.3, 0.4) is 0 Å². The molecule has 0 fully saturated rings. The third-order valence-electron chi connectivity index (χ3n) is 3.78. The third kappa shape index (κ3) is 13.4. The Labute approximate surface area is 263 Å². The van der Waals surface area contributed by atoms with Crippen LogP contribution in [-0.2, 0) is 9.59 Å². The first-order valence-electron chi connectivity index (χ1n) is 7.96. The normalized spacial score (nSPS) is 9.10. The Morgan fingerprint density at radius 1 is 0.800 bits per heavy atom. The van der Waals surface area contributed by atoms with Crippen LogP contribution in [0.4, 0.5) is 4.79 Å². The van der Waals surface area contributed by atoms with E-state index in [-0.39, 0.29) is 150 Å². The topological polar surface area (TPSA) is 164 Å². The molecule has 1 rings (SSSR count). The minimum absolute atomic E-state index is 0. The number of nitrogens with zero attached hydrogens (tertiary/aromatic N) is 1. The van der Waals surface area contributed by atoms with Gasteiger partial charge < -0.3 is 34.8 Å². The molecule has 0 atom stereocenters. The zero-order valence-electron chi connectivity index (χ0n) is 17.8. The summed E-state index contributed by atoms with van der Waals surface area (Å²) in [6.45, 7) is -0.195. The molecule has 0 radical (unpaired) electrons. The number of carbonyl (C=O) groups is 4. The van der Waals surface area contributed by atoms with Gasteiger partial charge in [0.25, 0.3) is 5.91 Å². The van der Waals surface area contributed by atoms with Crippen LogP contribution in [0.2, 0.25) is 0 Å². The van der Waals surface area contributed by atoms with E-state index < -0.39 is 35.6 Å². The van der Waals surface area contributed by atoms with E-state index in [2.05, 4.69) is 0 Å². The molecule has 0 saturated heterocycles. The SMILES string of the molecule is O=C([O-])C(CCCCCCN(C(=O)[O-])C(=O)c1ccccc1[O-])C(=O)[O-].[Na+].[Na+].[Na+].[Na+]. The van der Waals surface area contributed by atoms with E-state index in [1.54, 1.807) is 0 Å². The molecule has 0 spiro atoms. The van der Waals surface area contributed by atoms with Crippen molar-refractivity contribution in [3.05, 3.63) is 29.8 Å². The molecule has 1 aromatic carbocycles. The molecular weight excluding hydrogens is 438 g/mol. The van der Waals surface area contributed by atoms with Gasteiger partial charge in [0.15, 0.2) is 0 Å². The van der Waals surface area contributed by atoms with Crippen LogP contribution in [0.5, 0.6) is 5.75 Å². The van der Waals surface area contributed by atoms with E-state index in [4.69, 9.17) is 0 Å². The molecule has 1 aromatic rings. The molecule has 0 aromatic heterocycles. The number of para-hydroxylation sites is 1. The molecule has 2 amide bonds. The van der Waals surface area contributed by atoms with Gasteiger partial charge in [-0.3, -0.25) is 9.69 Å². The van der Waals surface area contributed by atoms with Gasteiger partial charge in [-0.05, 0) is 12.8 Å². The van der Waals surface area contributed by atoms with Crippen molar-refractivity contribution in [2.45, 2.75) is 32.1 Å². The second-order valence-electron chi connectivity index (χ2n) is 5.61. The summed E-state index contributed by atoms with van der Waals surface area (Å²) in [7, 11) is 0. The number of hydrogen-bond acceptors (Lipinski definition) is 8. The van der Waals surface area contributed by atoms with Gasteiger partial charge in [0.2, 0.25) is 0 Å². The molecule has 30 heavy (non-hydrogen) atoms. The predicted octanol–water partition coefficient (Wildman–Crippen LogP) is -14.4. The van der Waals surface area contributed by atoms with Crippen LogP contribution in [0.1, 0.15) is 42.5 Å². The van der Waals surface area contributed by atoms with Crippen LogP contribution >= 0.6 is 0 Å². The molecule has 0 aliphatic carbocycles. The quantitative estimate of drug-likeness (QED) is 0.191. The van der Waals surface area contributed by atoms with Crippen molar-refractivity contribution in [1.82, 2.24) is 4.90 Å². The van der Waals surface area contributed by atoms with Crippen molar-refractivity contribution >= 4 is 23.9 Å². The van der Waals surface area contributed by atoms with Crippen LogP contribution in [-0.4, -0.2) is 35.4 Å². The van der Waals surface area contributed by atoms with Crippen LogP contribution in [0, 0.1) is 5.92 Å². The maximum absolute atomic E-state index is 12.1. The van der Waals surface area contributed by atoms with Gasteiger partial charge in [0.1, 0.15) is 6.09 Å². The first-order chi connectivity index (χ1) is 12.3. The van der Waals surface area contributed by atoms with Gasteiger partial charge in [-0.15, -0.1) is 0 Å².